The Morgan fingerprint density at radius 1 is 0.459 bits per heavy atom. The molecule has 0 radical (unpaired) electrons. The van der Waals surface area contributed by atoms with Gasteiger partial charge in [-0.1, -0.05) is 115 Å². The quantitative estimate of drug-likeness (QED) is 0.0508. The Labute approximate surface area is 429 Å². The zero-order valence-electron chi connectivity index (χ0n) is 41.4. The van der Waals surface area contributed by atoms with Crippen LogP contribution in [-0.4, -0.2) is 67.4 Å². The molecule has 2 amide bonds. The number of phenolic OH excluding ortho intramolecular Hbond substituents is 1. The van der Waals surface area contributed by atoms with Crippen LogP contribution in [0.25, 0.3) is 33.4 Å². The molecule has 8 aromatic carbocycles. The summed E-state index contributed by atoms with van der Waals surface area (Å²) in [4.78, 5) is 60.8. The molecule has 0 fully saturated rings. The number of nitrogens with two attached hydrogens (primary N) is 1. The van der Waals surface area contributed by atoms with Crippen LogP contribution in [0.1, 0.15) is 71.2 Å². The molecule has 0 bridgehead atoms. The van der Waals surface area contributed by atoms with Crippen LogP contribution in [0.15, 0.2) is 182 Å². The lowest BCUT2D eigenvalue weighted by molar-refractivity contribution is 0.0593. The average Bonchev–Trinajstić information content (AvgIpc) is 3.42. The van der Waals surface area contributed by atoms with Gasteiger partial charge in [-0.25, -0.2) is 14.4 Å². The number of ether oxygens (including phenoxy) is 4. The number of aromatic carboxylic acids is 1. The Balaban J connectivity index is 0.000000187. The first kappa shape index (κ1) is 53.7. The van der Waals surface area contributed by atoms with Crippen molar-refractivity contribution < 1.29 is 53.1 Å². The highest BCUT2D eigenvalue weighted by Crippen LogP contribution is 2.31. The van der Waals surface area contributed by atoms with Crippen LogP contribution in [0.4, 0.5) is 17.1 Å². The van der Waals surface area contributed by atoms with Gasteiger partial charge in [0.2, 0.25) is 0 Å². The normalized spacial score (nSPS) is 10.2. The summed E-state index contributed by atoms with van der Waals surface area (Å²) in [5.74, 6) is -2.22. The van der Waals surface area contributed by atoms with Gasteiger partial charge in [-0.2, -0.15) is 0 Å². The van der Waals surface area contributed by atoms with Crippen molar-refractivity contribution in [3.05, 3.63) is 215 Å². The van der Waals surface area contributed by atoms with E-state index >= 15 is 0 Å². The lowest BCUT2D eigenvalue weighted by atomic mass is 10.0. The molecule has 0 saturated carbocycles. The van der Waals surface area contributed by atoms with Gasteiger partial charge in [0, 0.05) is 11.3 Å². The molecule has 0 aliphatic rings. The van der Waals surface area contributed by atoms with Crippen LogP contribution >= 0.6 is 0 Å². The van der Waals surface area contributed by atoms with E-state index in [0.29, 0.717) is 52.8 Å². The number of amides is 2. The number of aromatic hydroxyl groups is 1. The standard InChI is InChI=1S/C24H23NO4.C22H19NO5.C14H13NO2/c1-4-29-19-12-10-16(2)21(15-19)23(26)25-22-14-18(17-8-6-5-7-9-17)11-13-20(22)24(27)28-3;1-2-28-16-9-11-20(24)18(13-16)21(25)23-19-12-15(8-10-17(19)22(26)27)14-6-4-3-5-7-14;1-17-14(16)12-8-7-11(9-13(12)15)10-5-3-2-4-6-10/h5-15H,4H2,1-3H3,(H,25,26);3-13,24H,2H2,1H3,(H,23,25)(H,26,27);2-9H,15H2,1H3. The molecular weight excluding hydrogens is 939 g/mol. The van der Waals surface area contributed by atoms with Crippen LogP contribution in [-0.2, 0) is 9.47 Å². The molecule has 0 heterocycles. The number of aryl methyl sites for hydroxylation is 1. The minimum absolute atomic E-state index is 0.00703. The number of hydrogen-bond acceptors (Lipinski definition) is 11. The number of nitrogen functional groups attached to an aromatic ring is 1. The fourth-order valence-electron chi connectivity index (χ4n) is 7.49. The van der Waals surface area contributed by atoms with E-state index in [1.807, 2.05) is 129 Å². The molecule has 14 heteroatoms. The molecule has 0 aliphatic carbocycles. The summed E-state index contributed by atoms with van der Waals surface area (Å²) >= 11 is 0. The molecule has 0 unspecified atom stereocenters. The monoisotopic (exact) mass is 993 g/mol. The molecule has 14 nitrogen and oxygen atoms in total. The number of carbonyl (C=O) groups is 5. The van der Waals surface area contributed by atoms with Gasteiger partial charge in [-0.15, -0.1) is 0 Å². The van der Waals surface area contributed by atoms with Crippen LogP contribution in [0.5, 0.6) is 17.2 Å². The first-order chi connectivity index (χ1) is 35.7. The number of nitrogens with one attached hydrogen (secondary N) is 2. The SMILES string of the molecule is CCOc1ccc(C)c(C(=O)Nc2cc(-c3ccccc3)ccc2C(=O)OC)c1.CCOc1ccc(O)c(C(=O)Nc2cc(-c3ccccc3)ccc2C(=O)O)c1.COC(=O)c1ccc(-c2ccccc2)cc1N. The Bertz CT molecular complexity index is 3250. The van der Waals surface area contributed by atoms with Gasteiger partial charge in [-0.3, -0.25) is 9.59 Å². The molecule has 0 atom stereocenters. The van der Waals surface area contributed by atoms with E-state index in [9.17, 15) is 34.2 Å². The second kappa shape index (κ2) is 26.0. The van der Waals surface area contributed by atoms with E-state index in [1.165, 1.54) is 32.4 Å². The van der Waals surface area contributed by atoms with E-state index in [-0.39, 0.29) is 28.5 Å². The third-order valence-electron chi connectivity index (χ3n) is 11.2. The second-order valence-corrected chi connectivity index (χ2v) is 16.1. The van der Waals surface area contributed by atoms with Crippen molar-refractivity contribution in [3.63, 3.8) is 0 Å². The summed E-state index contributed by atoms with van der Waals surface area (Å²) in [6.45, 7) is 6.47. The Morgan fingerprint density at radius 3 is 1.32 bits per heavy atom. The maximum atomic E-state index is 13.0. The van der Waals surface area contributed by atoms with Crippen molar-refractivity contribution >= 4 is 46.8 Å². The van der Waals surface area contributed by atoms with E-state index in [4.69, 9.17) is 19.9 Å². The first-order valence-corrected chi connectivity index (χ1v) is 23.3. The second-order valence-electron chi connectivity index (χ2n) is 16.1. The third kappa shape index (κ3) is 14.0. The summed E-state index contributed by atoms with van der Waals surface area (Å²) in [5, 5.41) is 24.9. The number of methoxy groups -OCH3 is 2. The van der Waals surface area contributed by atoms with Crippen LogP contribution in [0.3, 0.4) is 0 Å². The Kier molecular flexibility index (Phi) is 18.8. The molecule has 376 valence electrons. The van der Waals surface area contributed by atoms with Crippen LogP contribution in [0, 0.1) is 6.92 Å². The van der Waals surface area contributed by atoms with Crippen LogP contribution in [0.2, 0.25) is 0 Å². The molecule has 74 heavy (non-hydrogen) atoms. The molecule has 8 rings (SSSR count). The third-order valence-corrected chi connectivity index (χ3v) is 11.2. The summed E-state index contributed by atoms with van der Waals surface area (Å²) < 4.78 is 20.4. The maximum absolute atomic E-state index is 13.0. The Hall–Kier alpha value is -9.69. The first-order valence-electron chi connectivity index (χ1n) is 23.3. The fourth-order valence-corrected chi connectivity index (χ4v) is 7.49. The minimum atomic E-state index is -1.16. The van der Waals surface area contributed by atoms with Crippen molar-refractivity contribution in [2.75, 3.05) is 43.8 Å². The van der Waals surface area contributed by atoms with E-state index < -0.39 is 23.8 Å². The minimum Gasteiger partial charge on any atom is -0.507 e. The number of benzene rings is 8. The highest BCUT2D eigenvalue weighted by atomic mass is 16.5. The number of carboxylic acid groups (broad SMARTS) is 1. The van der Waals surface area contributed by atoms with Gasteiger partial charge in [0.05, 0.1) is 61.1 Å². The van der Waals surface area contributed by atoms with Crippen molar-refractivity contribution in [1.29, 1.82) is 0 Å². The number of phenols is 1. The fraction of sp³-hybridized carbons (Fsp3) is 0.117. The molecule has 0 aliphatic heterocycles. The predicted octanol–water partition coefficient (Wildman–Crippen LogP) is 12.2. The van der Waals surface area contributed by atoms with Crippen molar-refractivity contribution in [1.82, 2.24) is 0 Å². The maximum Gasteiger partial charge on any atom is 0.339 e. The Morgan fingerprint density at radius 2 is 0.865 bits per heavy atom. The number of anilines is 3. The van der Waals surface area contributed by atoms with Crippen molar-refractivity contribution in [2.45, 2.75) is 20.8 Å². The largest absolute Gasteiger partial charge is 0.507 e. The number of carboxylic acids is 1. The summed E-state index contributed by atoms with van der Waals surface area (Å²) in [7, 11) is 2.65. The average molecular weight is 994 g/mol. The molecular formula is C60H55N3O11. The highest BCUT2D eigenvalue weighted by Gasteiger charge is 2.20. The van der Waals surface area contributed by atoms with Gasteiger partial charge < -0.3 is 45.5 Å². The molecule has 0 spiro atoms. The van der Waals surface area contributed by atoms with Crippen molar-refractivity contribution in [2.24, 2.45) is 0 Å². The number of esters is 2. The van der Waals surface area contributed by atoms with E-state index in [1.54, 1.807) is 55.5 Å². The van der Waals surface area contributed by atoms with Gasteiger partial charge in [0.1, 0.15) is 17.2 Å². The van der Waals surface area contributed by atoms with Gasteiger partial charge in [-0.05, 0) is 126 Å². The number of hydrogen-bond donors (Lipinski definition) is 5. The number of carbonyl (C=O) groups excluding carboxylic acids is 4. The lowest BCUT2D eigenvalue weighted by Crippen LogP contribution is -2.16. The lowest BCUT2D eigenvalue weighted by Gasteiger charge is -2.14. The molecule has 8 aromatic rings. The van der Waals surface area contributed by atoms with Gasteiger partial charge >= 0.3 is 17.9 Å². The van der Waals surface area contributed by atoms with Crippen molar-refractivity contribution in [3.8, 4) is 50.6 Å². The summed E-state index contributed by atoms with van der Waals surface area (Å²) in [6.07, 6.45) is 0. The summed E-state index contributed by atoms with van der Waals surface area (Å²) in [6, 6.07) is 54.0. The zero-order valence-corrected chi connectivity index (χ0v) is 41.4. The van der Waals surface area contributed by atoms with Crippen LogP contribution < -0.4 is 25.8 Å². The van der Waals surface area contributed by atoms with E-state index in [2.05, 4.69) is 15.4 Å². The molecule has 0 saturated heterocycles. The predicted molar refractivity (Wildman–Crippen MR) is 287 cm³/mol. The summed E-state index contributed by atoms with van der Waals surface area (Å²) in [5.41, 5.74) is 14.3. The molecule has 6 N–H and O–H groups in total. The smallest absolute Gasteiger partial charge is 0.339 e. The molecule has 0 aromatic heterocycles. The zero-order chi connectivity index (χ0) is 53.1. The number of rotatable bonds is 14. The highest BCUT2D eigenvalue weighted by molar-refractivity contribution is 6.10. The topological polar surface area (TPSA) is 213 Å². The van der Waals surface area contributed by atoms with E-state index in [0.717, 1.165) is 38.9 Å². The van der Waals surface area contributed by atoms with Gasteiger partial charge in [0.15, 0.2) is 0 Å². The van der Waals surface area contributed by atoms with Gasteiger partial charge in [0.25, 0.3) is 11.8 Å².